The fourth-order valence-electron chi connectivity index (χ4n) is 2.58. The lowest BCUT2D eigenvalue weighted by molar-refractivity contribution is 0.0929. The number of hydrogen-bond donors (Lipinski definition) is 1. The number of carbonyl (C=O) groups is 1. The van der Waals surface area contributed by atoms with Crippen LogP contribution in [0.2, 0.25) is 5.02 Å². The fraction of sp³-hybridized carbons (Fsp3) is 0.467. The van der Waals surface area contributed by atoms with Gasteiger partial charge < -0.3 is 5.32 Å². The molecule has 1 aromatic carbocycles. The van der Waals surface area contributed by atoms with E-state index in [0.717, 1.165) is 29.3 Å². The number of benzene rings is 1. The minimum atomic E-state index is -0.402. The smallest absolute Gasteiger partial charge is 0.252 e. The molecule has 1 aliphatic carbocycles. The number of carbonyl (C=O) groups excluding carboxylic acids is 1. The largest absolute Gasteiger partial charge is 0.336 e. The van der Waals surface area contributed by atoms with Gasteiger partial charge in [0.05, 0.1) is 11.1 Å². The summed E-state index contributed by atoms with van der Waals surface area (Å²) in [7, 11) is 0. The van der Waals surface area contributed by atoms with Crippen LogP contribution in [0.4, 0.5) is 0 Å². The van der Waals surface area contributed by atoms with Crippen molar-refractivity contribution in [2.24, 2.45) is 5.92 Å². The van der Waals surface area contributed by atoms with E-state index in [9.17, 15) is 10.1 Å². The van der Waals surface area contributed by atoms with Crippen molar-refractivity contribution in [3.05, 3.63) is 32.4 Å². The van der Waals surface area contributed by atoms with Gasteiger partial charge in [-0.1, -0.05) is 30.9 Å². The van der Waals surface area contributed by atoms with Crippen molar-refractivity contribution in [1.82, 2.24) is 5.32 Å². The summed E-state index contributed by atoms with van der Waals surface area (Å²) in [4.78, 5) is 12.2. The van der Waals surface area contributed by atoms with Crippen molar-refractivity contribution in [1.29, 1.82) is 5.26 Å². The number of nitrogens with zero attached hydrogens (tertiary/aromatic N) is 1. The number of hydrogen-bond acceptors (Lipinski definition) is 2. The highest BCUT2D eigenvalue weighted by molar-refractivity contribution is 14.1. The Hall–Kier alpha value is -0.800. The second-order valence-corrected chi connectivity index (χ2v) is 6.68. The third kappa shape index (κ3) is 3.86. The number of amides is 1. The van der Waals surface area contributed by atoms with Crippen LogP contribution < -0.4 is 5.32 Å². The lowest BCUT2D eigenvalue weighted by Crippen LogP contribution is -2.40. The Labute approximate surface area is 137 Å². The molecule has 0 spiro atoms. The SMILES string of the molecule is N#CC(NC(=O)c1ccc(I)c(Cl)c1)C1CCCCC1. The van der Waals surface area contributed by atoms with E-state index in [0.29, 0.717) is 10.6 Å². The van der Waals surface area contributed by atoms with E-state index in [1.54, 1.807) is 18.2 Å². The van der Waals surface area contributed by atoms with Crippen LogP contribution in [0, 0.1) is 20.8 Å². The molecule has 0 bridgehead atoms. The molecule has 0 aliphatic heterocycles. The molecule has 1 saturated carbocycles. The van der Waals surface area contributed by atoms with E-state index in [2.05, 4.69) is 34.0 Å². The Morgan fingerprint density at radius 3 is 2.70 bits per heavy atom. The molecule has 1 aliphatic rings. The molecule has 20 heavy (non-hydrogen) atoms. The lowest BCUT2D eigenvalue weighted by atomic mass is 9.84. The van der Waals surface area contributed by atoms with E-state index in [4.69, 9.17) is 11.6 Å². The van der Waals surface area contributed by atoms with Crippen LogP contribution in [0.25, 0.3) is 0 Å². The zero-order chi connectivity index (χ0) is 14.5. The first-order valence-corrected chi connectivity index (χ1v) is 8.23. The minimum absolute atomic E-state index is 0.222. The first-order valence-electron chi connectivity index (χ1n) is 6.77. The van der Waals surface area contributed by atoms with Gasteiger partial charge in [0.15, 0.2) is 0 Å². The summed E-state index contributed by atoms with van der Waals surface area (Å²) < 4.78 is 0.907. The number of nitriles is 1. The molecule has 1 amide bonds. The van der Waals surface area contributed by atoms with Gasteiger partial charge in [0.1, 0.15) is 6.04 Å². The van der Waals surface area contributed by atoms with Gasteiger partial charge >= 0.3 is 0 Å². The molecule has 1 N–H and O–H groups in total. The maximum absolute atomic E-state index is 12.2. The zero-order valence-corrected chi connectivity index (χ0v) is 13.9. The van der Waals surface area contributed by atoms with E-state index in [1.165, 1.54) is 6.42 Å². The molecule has 1 atom stereocenters. The average molecular weight is 403 g/mol. The van der Waals surface area contributed by atoms with Gasteiger partial charge in [-0.25, -0.2) is 0 Å². The second kappa shape index (κ2) is 7.28. The minimum Gasteiger partial charge on any atom is -0.336 e. The van der Waals surface area contributed by atoms with Gasteiger partial charge in [0.2, 0.25) is 0 Å². The van der Waals surface area contributed by atoms with Crippen LogP contribution in [0.1, 0.15) is 42.5 Å². The van der Waals surface area contributed by atoms with E-state index in [-0.39, 0.29) is 11.8 Å². The average Bonchev–Trinajstić information content (AvgIpc) is 2.48. The maximum atomic E-state index is 12.2. The van der Waals surface area contributed by atoms with Gasteiger partial charge in [0.25, 0.3) is 5.91 Å². The van der Waals surface area contributed by atoms with E-state index >= 15 is 0 Å². The molecular formula is C15H16ClIN2O. The maximum Gasteiger partial charge on any atom is 0.252 e. The highest BCUT2D eigenvalue weighted by Crippen LogP contribution is 2.26. The zero-order valence-electron chi connectivity index (χ0n) is 11.0. The third-order valence-corrected chi connectivity index (χ3v) is 5.30. The molecule has 5 heteroatoms. The summed E-state index contributed by atoms with van der Waals surface area (Å²) in [5.74, 6) is 0.0532. The predicted molar refractivity (Wildman–Crippen MR) is 87.6 cm³/mol. The number of rotatable bonds is 3. The molecule has 2 rings (SSSR count). The van der Waals surface area contributed by atoms with Crippen molar-refractivity contribution in [2.75, 3.05) is 0 Å². The monoisotopic (exact) mass is 402 g/mol. The molecule has 0 radical (unpaired) electrons. The Kier molecular flexibility index (Phi) is 5.67. The van der Waals surface area contributed by atoms with E-state index < -0.39 is 6.04 Å². The highest BCUT2D eigenvalue weighted by Gasteiger charge is 2.25. The van der Waals surface area contributed by atoms with Crippen molar-refractivity contribution in [3.63, 3.8) is 0 Å². The predicted octanol–water partition coefficient (Wildman–Crippen LogP) is 4.15. The summed E-state index contributed by atoms with van der Waals surface area (Å²) in [6, 6.07) is 7.02. The van der Waals surface area contributed by atoms with Crippen LogP contribution in [0.15, 0.2) is 18.2 Å². The van der Waals surface area contributed by atoms with Gasteiger partial charge in [0, 0.05) is 9.13 Å². The number of halogens is 2. The Balaban J connectivity index is 2.05. The molecule has 106 valence electrons. The first-order chi connectivity index (χ1) is 9.61. The van der Waals surface area contributed by atoms with Gasteiger partial charge in [-0.3, -0.25) is 4.79 Å². The van der Waals surface area contributed by atoms with Crippen molar-refractivity contribution in [2.45, 2.75) is 38.1 Å². The molecule has 1 fully saturated rings. The molecule has 3 nitrogen and oxygen atoms in total. The summed E-state index contributed by atoms with van der Waals surface area (Å²) in [6.07, 6.45) is 5.56. The van der Waals surface area contributed by atoms with Crippen LogP contribution >= 0.6 is 34.2 Å². The summed E-state index contributed by atoms with van der Waals surface area (Å²) in [5, 5.41) is 12.7. The molecule has 0 aromatic heterocycles. The lowest BCUT2D eigenvalue weighted by Gasteiger charge is -2.26. The fourth-order valence-corrected chi connectivity index (χ4v) is 3.10. The highest BCUT2D eigenvalue weighted by atomic mass is 127. The number of nitrogens with one attached hydrogen (secondary N) is 1. The normalized spacial score (nSPS) is 17.2. The summed E-state index contributed by atoms with van der Waals surface area (Å²) >= 11 is 8.14. The van der Waals surface area contributed by atoms with Crippen LogP contribution in [-0.2, 0) is 0 Å². The van der Waals surface area contributed by atoms with Gasteiger partial charge in [-0.05, 0) is 59.5 Å². The van der Waals surface area contributed by atoms with Crippen LogP contribution in [0.5, 0.6) is 0 Å². The van der Waals surface area contributed by atoms with Gasteiger partial charge in [-0.2, -0.15) is 5.26 Å². The Bertz CT molecular complexity index is 535. The van der Waals surface area contributed by atoms with Crippen molar-refractivity contribution < 1.29 is 4.79 Å². The first kappa shape index (κ1) is 15.6. The quantitative estimate of drug-likeness (QED) is 0.772. The van der Waals surface area contributed by atoms with Crippen molar-refractivity contribution in [3.8, 4) is 6.07 Å². The Morgan fingerprint density at radius 1 is 1.40 bits per heavy atom. The van der Waals surface area contributed by atoms with Gasteiger partial charge in [-0.15, -0.1) is 0 Å². The summed E-state index contributed by atoms with van der Waals surface area (Å²) in [5.41, 5.74) is 0.506. The van der Waals surface area contributed by atoms with E-state index in [1.807, 2.05) is 0 Å². The van der Waals surface area contributed by atoms with Crippen LogP contribution in [0.3, 0.4) is 0 Å². The standard InChI is InChI=1S/C15H16ClIN2O/c16-12-8-11(6-7-13(12)17)15(20)19-14(9-18)10-4-2-1-3-5-10/h6-8,10,14H,1-5H2,(H,19,20). The third-order valence-electron chi connectivity index (χ3n) is 3.73. The Morgan fingerprint density at radius 2 is 2.10 bits per heavy atom. The summed E-state index contributed by atoms with van der Waals surface area (Å²) in [6.45, 7) is 0. The molecule has 0 heterocycles. The second-order valence-electron chi connectivity index (χ2n) is 5.11. The van der Waals surface area contributed by atoms with Crippen molar-refractivity contribution >= 4 is 40.1 Å². The molecule has 1 aromatic rings. The topological polar surface area (TPSA) is 52.9 Å². The molecular weight excluding hydrogens is 387 g/mol. The van der Waals surface area contributed by atoms with Crippen LogP contribution in [-0.4, -0.2) is 11.9 Å². The molecule has 0 saturated heterocycles. The molecule has 1 unspecified atom stereocenters.